The fourth-order valence-electron chi connectivity index (χ4n) is 6.17. The Balaban J connectivity index is 1.09. The van der Waals surface area contributed by atoms with Gasteiger partial charge in [-0.25, -0.2) is 0 Å². The number of alkyl halides is 3. The Hall–Kier alpha value is -4.23. The summed E-state index contributed by atoms with van der Waals surface area (Å²) in [6.07, 6.45) is -0.207. The zero-order chi connectivity index (χ0) is 30.7. The van der Waals surface area contributed by atoms with E-state index in [-0.39, 0.29) is 24.2 Å². The second-order valence-electron chi connectivity index (χ2n) is 11.9. The molecule has 0 aromatic heterocycles. The van der Waals surface area contributed by atoms with E-state index in [9.17, 15) is 22.8 Å². The van der Waals surface area contributed by atoms with Crippen LogP contribution in [0.5, 0.6) is 0 Å². The van der Waals surface area contributed by atoms with Crippen LogP contribution in [0.4, 0.5) is 13.2 Å². The SMILES string of the molecule is O=C(Cc1ccc(C2CCN(C(C(=O)NC3CC3)c3ccccc3)CC2)cc1)c1ccccc1-c1ccc(C(F)(F)F)cc1. The molecule has 6 rings (SSSR count). The Labute approximate surface area is 255 Å². The maximum atomic E-state index is 13.3. The molecule has 1 aliphatic carbocycles. The molecule has 4 aromatic carbocycles. The summed E-state index contributed by atoms with van der Waals surface area (Å²) in [6, 6.07) is 30.2. The van der Waals surface area contributed by atoms with Gasteiger partial charge in [0.2, 0.25) is 5.91 Å². The smallest absolute Gasteiger partial charge is 0.352 e. The number of benzene rings is 4. The molecule has 1 unspecified atom stereocenters. The molecule has 1 N–H and O–H groups in total. The summed E-state index contributed by atoms with van der Waals surface area (Å²) in [5, 5.41) is 3.20. The number of carbonyl (C=O) groups excluding carboxylic acids is 2. The lowest BCUT2D eigenvalue weighted by atomic mass is 9.87. The van der Waals surface area contributed by atoms with Gasteiger partial charge in [-0.05, 0) is 84.6 Å². The molecule has 1 amide bonds. The average Bonchev–Trinajstić information content (AvgIpc) is 3.86. The minimum Gasteiger partial charge on any atom is -0.352 e. The van der Waals surface area contributed by atoms with Gasteiger partial charge in [0.05, 0.1) is 5.56 Å². The molecule has 4 aromatic rings. The fourth-order valence-corrected chi connectivity index (χ4v) is 6.17. The highest BCUT2D eigenvalue weighted by Gasteiger charge is 2.34. The normalized spacial score (nSPS) is 16.8. The van der Waals surface area contributed by atoms with Crippen molar-refractivity contribution in [1.82, 2.24) is 10.2 Å². The van der Waals surface area contributed by atoms with Crippen LogP contribution >= 0.6 is 0 Å². The van der Waals surface area contributed by atoms with Gasteiger partial charge in [0.15, 0.2) is 5.78 Å². The number of Topliss-reactive ketones (excluding diaryl/α,β-unsaturated/α-hetero) is 1. The Kier molecular flexibility index (Phi) is 8.67. The third kappa shape index (κ3) is 6.94. The molecule has 1 aliphatic heterocycles. The highest BCUT2D eigenvalue weighted by molar-refractivity contribution is 6.03. The summed E-state index contributed by atoms with van der Waals surface area (Å²) in [4.78, 5) is 28.8. The Morgan fingerprint density at radius 1 is 0.773 bits per heavy atom. The van der Waals surface area contributed by atoms with Crippen molar-refractivity contribution < 1.29 is 22.8 Å². The molecule has 2 aliphatic rings. The van der Waals surface area contributed by atoms with Crippen molar-refractivity contribution in [3.8, 4) is 11.1 Å². The maximum absolute atomic E-state index is 13.3. The molecule has 2 fully saturated rings. The zero-order valence-electron chi connectivity index (χ0n) is 24.4. The number of ketones is 1. The first-order valence-corrected chi connectivity index (χ1v) is 15.2. The van der Waals surface area contributed by atoms with Crippen LogP contribution in [-0.2, 0) is 17.4 Å². The van der Waals surface area contributed by atoms with Crippen molar-refractivity contribution in [3.05, 3.63) is 131 Å². The van der Waals surface area contributed by atoms with E-state index in [4.69, 9.17) is 0 Å². The molecule has 0 bridgehead atoms. The predicted octanol–water partition coefficient (Wildman–Crippen LogP) is 8.00. The molecule has 1 heterocycles. The molecule has 4 nitrogen and oxygen atoms in total. The van der Waals surface area contributed by atoms with Crippen molar-refractivity contribution in [2.75, 3.05) is 13.1 Å². The molecular formula is C37H35F3N2O2. The van der Waals surface area contributed by atoms with Crippen molar-refractivity contribution in [2.45, 2.75) is 56.3 Å². The second kappa shape index (κ2) is 12.8. The number of carbonyl (C=O) groups is 2. The summed E-state index contributed by atoms with van der Waals surface area (Å²) in [7, 11) is 0. The van der Waals surface area contributed by atoms with Gasteiger partial charge in [0.1, 0.15) is 6.04 Å². The molecule has 1 atom stereocenters. The van der Waals surface area contributed by atoms with E-state index >= 15 is 0 Å². The maximum Gasteiger partial charge on any atom is 0.416 e. The van der Waals surface area contributed by atoms with Gasteiger partial charge in [0.25, 0.3) is 0 Å². The number of halogens is 3. The molecule has 1 saturated heterocycles. The number of nitrogens with one attached hydrogen (secondary N) is 1. The lowest BCUT2D eigenvalue weighted by molar-refractivity contribution is -0.137. The van der Waals surface area contributed by atoms with E-state index in [0.29, 0.717) is 28.7 Å². The first-order valence-electron chi connectivity index (χ1n) is 15.2. The van der Waals surface area contributed by atoms with Crippen LogP contribution in [0.1, 0.15) is 70.3 Å². The van der Waals surface area contributed by atoms with Gasteiger partial charge in [-0.3, -0.25) is 14.5 Å². The second-order valence-corrected chi connectivity index (χ2v) is 11.9. The zero-order valence-corrected chi connectivity index (χ0v) is 24.4. The van der Waals surface area contributed by atoms with E-state index in [2.05, 4.69) is 22.3 Å². The molecule has 0 radical (unpaired) electrons. The van der Waals surface area contributed by atoms with Gasteiger partial charge in [0, 0.05) is 18.0 Å². The number of likely N-dealkylation sites (tertiary alicyclic amines) is 1. The number of rotatable bonds is 9. The van der Waals surface area contributed by atoms with Crippen LogP contribution in [0.25, 0.3) is 11.1 Å². The van der Waals surface area contributed by atoms with Crippen LogP contribution in [-0.4, -0.2) is 35.7 Å². The van der Waals surface area contributed by atoms with E-state index in [1.165, 1.54) is 17.7 Å². The largest absolute Gasteiger partial charge is 0.416 e. The first-order chi connectivity index (χ1) is 21.3. The first kappa shape index (κ1) is 29.8. The Morgan fingerprint density at radius 3 is 2.05 bits per heavy atom. The van der Waals surface area contributed by atoms with Gasteiger partial charge >= 0.3 is 6.18 Å². The van der Waals surface area contributed by atoms with Crippen molar-refractivity contribution in [2.24, 2.45) is 0 Å². The monoisotopic (exact) mass is 596 g/mol. The number of amides is 1. The summed E-state index contributed by atoms with van der Waals surface area (Å²) in [5.74, 6) is 0.378. The van der Waals surface area contributed by atoms with E-state index < -0.39 is 11.7 Å². The number of nitrogens with zero attached hydrogens (tertiary/aromatic N) is 1. The third-order valence-electron chi connectivity index (χ3n) is 8.75. The topological polar surface area (TPSA) is 49.4 Å². The minimum absolute atomic E-state index is 0.0852. The van der Waals surface area contributed by atoms with Crippen LogP contribution in [0, 0.1) is 0 Å². The molecule has 7 heteroatoms. The number of hydrogen-bond acceptors (Lipinski definition) is 3. The summed E-state index contributed by atoms with van der Waals surface area (Å²) < 4.78 is 39.1. The third-order valence-corrected chi connectivity index (χ3v) is 8.75. The molecule has 44 heavy (non-hydrogen) atoms. The van der Waals surface area contributed by atoms with Gasteiger partial charge in [-0.1, -0.05) is 91.0 Å². The molecule has 0 spiro atoms. The predicted molar refractivity (Wildman–Crippen MR) is 165 cm³/mol. The average molecular weight is 597 g/mol. The molecule has 1 saturated carbocycles. The van der Waals surface area contributed by atoms with Crippen molar-refractivity contribution in [1.29, 1.82) is 0 Å². The lowest BCUT2D eigenvalue weighted by Crippen LogP contribution is -2.44. The Bertz CT molecular complexity index is 1590. The van der Waals surface area contributed by atoms with E-state index in [1.54, 1.807) is 24.3 Å². The highest BCUT2D eigenvalue weighted by atomic mass is 19.4. The van der Waals surface area contributed by atoms with Crippen LogP contribution in [0.15, 0.2) is 103 Å². The van der Waals surface area contributed by atoms with Crippen LogP contribution in [0.3, 0.4) is 0 Å². The van der Waals surface area contributed by atoms with E-state index in [1.807, 2.05) is 42.5 Å². The van der Waals surface area contributed by atoms with Gasteiger partial charge in [-0.2, -0.15) is 13.2 Å². The van der Waals surface area contributed by atoms with Crippen molar-refractivity contribution in [3.63, 3.8) is 0 Å². The lowest BCUT2D eigenvalue weighted by Gasteiger charge is -2.37. The van der Waals surface area contributed by atoms with Gasteiger partial charge < -0.3 is 5.32 Å². The fraction of sp³-hybridized carbons (Fsp3) is 0.297. The molecule has 226 valence electrons. The summed E-state index contributed by atoms with van der Waals surface area (Å²) in [6.45, 7) is 1.65. The standard InChI is InChI=1S/C37H35F3N2O2/c38-37(39,40)30-16-14-28(15-17-30)32-8-4-5-9-33(32)34(43)24-25-10-12-26(13-11-25)27-20-22-42(23-21-27)35(29-6-2-1-3-7-29)36(44)41-31-18-19-31/h1-17,27,31,35H,18-24H2,(H,41,44). The Morgan fingerprint density at radius 2 is 1.41 bits per heavy atom. The van der Waals surface area contributed by atoms with Crippen LogP contribution < -0.4 is 5.32 Å². The van der Waals surface area contributed by atoms with Crippen molar-refractivity contribution >= 4 is 11.7 Å². The summed E-state index contributed by atoms with van der Waals surface area (Å²) in [5.41, 5.74) is 4.10. The molecular weight excluding hydrogens is 561 g/mol. The van der Waals surface area contributed by atoms with Gasteiger partial charge in [-0.15, -0.1) is 0 Å². The number of piperidine rings is 1. The van der Waals surface area contributed by atoms with E-state index in [0.717, 1.165) is 62.0 Å². The van der Waals surface area contributed by atoms with Crippen LogP contribution in [0.2, 0.25) is 0 Å². The number of hydrogen-bond donors (Lipinski definition) is 1. The minimum atomic E-state index is -4.41. The quantitative estimate of drug-likeness (QED) is 0.199. The summed E-state index contributed by atoms with van der Waals surface area (Å²) >= 11 is 0. The highest BCUT2D eigenvalue weighted by Crippen LogP contribution is 2.35.